The zero-order valence-corrected chi connectivity index (χ0v) is 9.60. The molecule has 1 heterocycles. The molecule has 86 valence electrons. The van der Waals surface area contributed by atoms with Crippen molar-refractivity contribution in [1.82, 2.24) is 5.32 Å². The van der Waals surface area contributed by atoms with Gasteiger partial charge in [-0.3, -0.25) is 0 Å². The second kappa shape index (κ2) is 6.81. The van der Waals surface area contributed by atoms with E-state index in [2.05, 4.69) is 11.4 Å². The van der Waals surface area contributed by atoms with E-state index in [0.29, 0.717) is 0 Å². The van der Waals surface area contributed by atoms with Crippen LogP contribution in [0.2, 0.25) is 0 Å². The van der Waals surface area contributed by atoms with E-state index in [4.69, 9.17) is 11.0 Å². The van der Waals surface area contributed by atoms with Crippen LogP contribution < -0.4 is 11.1 Å². The topological polar surface area (TPSA) is 61.8 Å². The molecule has 3 nitrogen and oxygen atoms in total. The average Bonchev–Trinajstić information content (AvgIpc) is 2.33. The van der Waals surface area contributed by atoms with Gasteiger partial charge < -0.3 is 11.1 Å². The third-order valence-corrected chi connectivity index (χ3v) is 3.18. The van der Waals surface area contributed by atoms with Gasteiger partial charge in [0.2, 0.25) is 0 Å². The minimum atomic E-state index is -0.474. The van der Waals surface area contributed by atoms with Crippen molar-refractivity contribution in [2.45, 2.75) is 56.9 Å². The summed E-state index contributed by atoms with van der Waals surface area (Å²) in [5.41, 5.74) is 5.22. The molecule has 0 aromatic carbocycles. The predicted molar refractivity (Wildman–Crippen MR) is 62.3 cm³/mol. The number of nitrogens with one attached hydrogen (secondary N) is 1. The van der Waals surface area contributed by atoms with Crippen molar-refractivity contribution in [1.29, 1.82) is 5.26 Å². The zero-order valence-electron chi connectivity index (χ0n) is 9.60. The van der Waals surface area contributed by atoms with Crippen molar-refractivity contribution in [3.8, 4) is 6.07 Å². The van der Waals surface area contributed by atoms with Crippen molar-refractivity contribution >= 4 is 0 Å². The first kappa shape index (κ1) is 12.5. The first-order valence-corrected chi connectivity index (χ1v) is 6.18. The molecule has 2 aliphatic rings. The smallest absolute Gasteiger partial charge is 0.104 e. The van der Waals surface area contributed by atoms with Crippen molar-refractivity contribution in [2.24, 2.45) is 5.73 Å². The lowest BCUT2D eigenvalue weighted by atomic mass is 9.84. The Morgan fingerprint density at radius 3 is 1.73 bits per heavy atom. The van der Waals surface area contributed by atoms with Crippen LogP contribution in [0.4, 0.5) is 0 Å². The first-order valence-electron chi connectivity index (χ1n) is 6.18. The second-order valence-electron chi connectivity index (χ2n) is 4.64. The van der Waals surface area contributed by atoms with E-state index in [1.165, 1.54) is 38.8 Å². The van der Waals surface area contributed by atoms with E-state index in [1.54, 1.807) is 0 Å². The summed E-state index contributed by atoms with van der Waals surface area (Å²) in [4.78, 5) is 0. The highest BCUT2D eigenvalue weighted by Crippen LogP contribution is 2.24. The van der Waals surface area contributed by atoms with Crippen LogP contribution in [-0.4, -0.2) is 18.6 Å². The maximum absolute atomic E-state index is 8.58. The summed E-state index contributed by atoms with van der Waals surface area (Å²) < 4.78 is 0. The molecule has 1 aliphatic heterocycles. The monoisotopic (exact) mass is 209 g/mol. The van der Waals surface area contributed by atoms with Gasteiger partial charge in [0.25, 0.3) is 0 Å². The van der Waals surface area contributed by atoms with Gasteiger partial charge in [-0.15, -0.1) is 0 Å². The SMILES string of the molecule is C1CCNCC1.N#CC1(N)CCCCC1. The Kier molecular flexibility index (Phi) is 5.67. The standard InChI is InChI=1S/C7H12N2.C5H11N/c8-6-7(9)4-2-1-3-5-7;1-2-4-6-5-3-1/h1-5,9H2;6H,1-5H2. The Hall–Kier alpha value is -0.590. The van der Waals surface area contributed by atoms with Crippen molar-refractivity contribution in [2.75, 3.05) is 13.1 Å². The van der Waals surface area contributed by atoms with Gasteiger partial charge in [-0.1, -0.05) is 25.7 Å². The summed E-state index contributed by atoms with van der Waals surface area (Å²) in [6, 6.07) is 2.16. The van der Waals surface area contributed by atoms with Gasteiger partial charge in [0.15, 0.2) is 0 Å². The predicted octanol–water partition coefficient (Wildman–Crippen LogP) is 1.93. The lowest BCUT2D eigenvalue weighted by Gasteiger charge is -2.25. The number of hydrogen-bond acceptors (Lipinski definition) is 3. The van der Waals surface area contributed by atoms with Crippen LogP contribution in [0.1, 0.15) is 51.4 Å². The van der Waals surface area contributed by atoms with E-state index >= 15 is 0 Å². The number of nitrogens with zero attached hydrogens (tertiary/aromatic N) is 1. The van der Waals surface area contributed by atoms with Gasteiger partial charge in [0.05, 0.1) is 6.07 Å². The fourth-order valence-electron chi connectivity index (χ4n) is 2.10. The third kappa shape index (κ3) is 5.15. The lowest BCUT2D eigenvalue weighted by molar-refractivity contribution is 0.367. The Labute approximate surface area is 93.0 Å². The van der Waals surface area contributed by atoms with Crippen LogP contribution in [0, 0.1) is 11.3 Å². The summed E-state index contributed by atoms with van der Waals surface area (Å²) in [5, 5.41) is 11.9. The van der Waals surface area contributed by atoms with Crippen LogP contribution in [0.25, 0.3) is 0 Å². The number of piperidine rings is 1. The zero-order chi connectivity index (χ0) is 11.0. The average molecular weight is 209 g/mol. The van der Waals surface area contributed by atoms with Gasteiger partial charge in [-0.2, -0.15) is 5.26 Å². The largest absolute Gasteiger partial charge is 0.317 e. The molecule has 3 heteroatoms. The highest BCUT2D eigenvalue weighted by atomic mass is 14.9. The molecule has 0 aromatic rings. The molecule has 1 aliphatic carbocycles. The van der Waals surface area contributed by atoms with Gasteiger partial charge in [0, 0.05) is 0 Å². The molecular weight excluding hydrogens is 186 g/mol. The molecule has 0 spiro atoms. The normalized spacial score (nSPS) is 24.5. The van der Waals surface area contributed by atoms with Crippen molar-refractivity contribution in [3.63, 3.8) is 0 Å². The van der Waals surface area contributed by atoms with E-state index < -0.39 is 5.54 Å². The van der Waals surface area contributed by atoms with Crippen LogP contribution >= 0.6 is 0 Å². The van der Waals surface area contributed by atoms with E-state index in [0.717, 1.165) is 25.7 Å². The molecule has 1 saturated carbocycles. The van der Waals surface area contributed by atoms with Gasteiger partial charge >= 0.3 is 0 Å². The summed E-state index contributed by atoms with van der Waals surface area (Å²) in [6.07, 6.45) is 9.51. The van der Waals surface area contributed by atoms with Crippen LogP contribution in [0.5, 0.6) is 0 Å². The number of hydrogen-bond donors (Lipinski definition) is 2. The molecule has 2 rings (SSSR count). The van der Waals surface area contributed by atoms with Gasteiger partial charge in [0.1, 0.15) is 5.54 Å². The summed E-state index contributed by atoms with van der Waals surface area (Å²) in [6.45, 7) is 2.50. The first-order chi connectivity index (χ1) is 7.27. The number of rotatable bonds is 0. The summed E-state index contributed by atoms with van der Waals surface area (Å²) in [5.74, 6) is 0. The van der Waals surface area contributed by atoms with E-state index in [1.807, 2.05) is 0 Å². The number of nitriles is 1. The summed E-state index contributed by atoms with van der Waals surface area (Å²) >= 11 is 0. The maximum atomic E-state index is 8.58. The van der Waals surface area contributed by atoms with Crippen molar-refractivity contribution in [3.05, 3.63) is 0 Å². The van der Waals surface area contributed by atoms with Crippen LogP contribution in [0.15, 0.2) is 0 Å². The molecule has 2 fully saturated rings. The molecular formula is C12H23N3. The highest BCUT2D eigenvalue weighted by molar-refractivity contribution is 5.05. The minimum Gasteiger partial charge on any atom is -0.317 e. The molecule has 0 atom stereocenters. The Morgan fingerprint density at radius 1 is 0.933 bits per heavy atom. The molecule has 0 unspecified atom stereocenters. The Balaban J connectivity index is 0.000000162. The Morgan fingerprint density at radius 2 is 1.47 bits per heavy atom. The van der Waals surface area contributed by atoms with Gasteiger partial charge in [-0.05, 0) is 38.8 Å². The lowest BCUT2D eigenvalue weighted by Crippen LogP contribution is -2.39. The Bertz CT molecular complexity index is 186. The molecule has 0 bridgehead atoms. The minimum absolute atomic E-state index is 0.474. The molecule has 0 amide bonds. The molecule has 1 saturated heterocycles. The van der Waals surface area contributed by atoms with E-state index in [-0.39, 0.29) is 0 Å². The fourth-order valence-corrected chi connectivity index (χ4v) is 2.10. The molecule has 3 N–H and O–H groups in total. The molecule has 15 heavy (non-hydrogen) atoms. The third-order valence-electron chi connectivity index (χ3n) is 3.18. The van der Waals surface area contributed by atoms with E-state index in [9.17, 15) is 0 Å². The van der Waals surface area contributed by atoms with Crippen LogP contribution in [0.3, 0.4) is 0 Å². The second-order valence-corrected chi connectivity index (χ2v) is 4.64. The fraction of sp³-hybridized carbons (Fsp3) is 0.917. The quantitative estimate of drug-likeness (QED) is 0.641. The molecule has 0 aromatic heterocycles. The summed E-state index contributed by atoms with van der Waals surface area (Å²) in [7, 11) is 0. The maximum Gasteiger partial charge on any atom is 0.104 e. The number of nitrogens with two attached hydrogens (primary N) is 1. The van der Waals surface area contributed by atoms with Gasteiger partial charge in [-0.25, -0.2) is 0 Å². The molecule has 0 radical (unpaired) electrons. The van der Waals surface area contributed by atoms with Crippen molar-refractivity contribution < 1.29 is 0 Å². The highest BCUT2D eigenvalue weighted by Gasteiger charge is 2.26. The van der Waals surface area contributed by atoms with Crippen LogP contribution in [-0.2, 0) is 0 Å².